The molecular formula is C45H43N5O3S2. The van der Waals surface area contributed by atoms with Crippen LogP contribution in [0.2, 0.25) is 0 Å². The third-order valence-electron chi connectivity index (χ3n) is 10.6. The van der Waals surface area contributed by atoms with Gasteiger partial charge in [-0.25, -0.2) is 9.97 Å². The van der Waals surface area contributed by atoms with Crippen LogP contribution in [0.4, 0.5) is 0 Å². The number of nitrogens with zero attached hydrogens (tertiary/aromatic N) is 4. The van der Waals surface area contributed by atoms with Gasteiger partial charge in [-0.3, -0.25) is 14.4 Å². The summed E-state index contributed by atoms with van der Waals surface area (Å²) < 4.78 is 0. The van der Waals surface area contributed by atoms with E-state index in [-0.39, 0.29) is 29.8 Å². The van der Waals surface area contributed by atoms with Gasteiger partial charge in [0.15, 0.2) is 0 Å². The molecule has 2 aliphatic heterocycles. The lowest BCUT2D eigenvalue weighted by Gasteiger charge is -2.28. The Kier molecular flexibility index (Phi) is 11.0. The monoisotopic (exact) mass is 765 g/mol. The third kappa shape index (κ3) is 8.02. The van der Waals surface area contributed by atoms with Gasteiger partial charge in [0.05, 0.1) is 28.3 Å². The Hall–Kier alpha value is -5.45. The molecule has 0 bridgehead atoms. The fourth-order valence-corrected chi connectivity index (χ4v) is 9.79. The summed E-state index contributed by atoms with van der Waals surface area (Å²) in [5, 5.41) is 4.87. The Balaban J connectivity index is 0.921. The van der Waals surface area contributed by atoms with Gasteiger partial charge >= 0.3 is 0 Å². The van der Waals surface area contributed by atoms with Crippen LogP contribution in [0.25, 0.3) is 32.0 Å². The first-order valence-corrected chi connectivity index (χ1v) is 20.7. The summed E-state index contributed by atoms with van der Waals surface area (Å²) in [6.07, 6.45) is 8.25. The van der Waals surface area contributed by atoms with Gasteiger partial charge in [-0.2, -0.15) is 0 Å². The number of hydrogen-bond acceptors (Lipinski definition) is 7. The molecule has 0 aliphatic carbocycles. The minimum absolute atomic E-state index is 0.0359. The highest BCUT2D eigenvalue weighted by atomic mass is 32.1. The van der Waals surface area contributed by atoms with Crippen molar-refractivity contribution >= 4 is 40.4 Å². The van der Waals surface area contributed by atoms with Crippen LogP contribution in [0, 0.1) is 0 Å². The zero-order chi connectivity index (χ0) is 37.7. The van der Waals surface area contributed by atoms with Crippen LogP contribution in [-0.2, 0) is 20.8 Å². The fourth-order valence-electron chi connectivity index (χ4n) is 7.65. The molecule has 4 aromatic carbocycles. The van der Waals surface area contributed by atoms with Crippen LogP contribution in [0.5, 0.6) is 0 Å². The Morgan fingerprint density at radius 3 is 1.71 bits per heavy atom. The first-order chi connectivity index (χ1) is 26.9. The lowest BCUT2D eigenvalue weighted by molar-refractivity contribution is -0.137. The van der Waals surface area contributed by atoms with Crippen molar-refractivity contribution in [3.8, 4) is 32.0 Å². The summed E-state index contributed by atoms with van der Waals surface area (Å²) in [7, 11) is 0. The van der Waals surface area contributed by atoms with E-state index < -0.39 is 6.04 Å². The zero-order valence-corrected chi connectivity index (χ0v) is 32.4. The summed E-state index contributed by atoms with van der Waals surface area (Å²) in [6.45, 7) is 3.21. The van der Waals surface area contributed by atoms with Crippen molar-refractivity contribution in [2.24, 2.45) is 0 Å². The first-order valence-electron chi connectivity index (χ1n) is 19.1. The third-order valence-corrected chi connectivity index (χ3v) is 12.9. The SMILES string of the molecule is CCC(=O)N[C@@H](C(=O)N1CCC[C@H]1c1ncc(-c2ccc(-c3ccc(-c4cnc([C@@H]5CCCN5C(=O)Cc5ccccc5)s4)cc3)cc2)s1)c1ccccc1. The number of amides is 3. The molecule has 0 saturated carbocycles. The Labute approximate surface area is 329 Å². The summed E-state index contributed by atoms with van der Waals surface area (Å²) in [4.78, 5) is 55.2. The van der Waals surface area contributed by atoms with Gasteiger partial charge in [0.25, 0.3) is 0 Å². The molecular weight excluding hydrogens is 723 g/mol. The normalized spacial score (nSPS) is 17.3. The van der Waals surface area contributed by atoms with E-state index in [0.717, 1.165) is 85.4 Å². The summed E-state index contributed by atoms with van der Waals surface area (Å²) in [5.74, 6) is -0.0789. The van der Waals surface area contributed by atoms with Gasteiger partial charge in [-0.15, -0.1) is 22.7 Å². The van der Waals surface area contributed by atoms with Crippen molar-refractivity contribution < 1.29 is 14.4 Å². The average Bonchev–Trinajstić information content (AvgIpc) is 4.08. The van der Waals surface area contributed by atoms with Gasteiger partial charge in [0, 0.05) is 31.9 Å². The van der Waals surface area contributed by atoms with E-state index in [1.165, 1.54) is 0 Å². The number of rotatable bonds is 11. The second-order valence-corrected chi connectivity index (χ2v) is 16.3. The highest BCUT2D eigenvalue weighted by molar-refractivity contribution is 7.15. The smallest absolute Gasteiger partial charge is 0.250 e. The molecule has 2 aliphatic rings. The van der Waals surface area contributed by atoms with Crippen LogP contribution >= 0.6 is 22.7 Å². The number of carbonyl (C=O) groups is 3. The van der Waals surface area contributed by atoms with Crippen LogP contribution in [0.1, 0.15) is 78.3 Å². The molecule has 2 saturated heterocycles. The zero-order valence-electron chi connectivity index (χ0n) is 30.8. The molecule has 2 aromatic heterocycles. The standard InChI is InChI=1S/C45H43N5O3S2/c1-2-40(51)48-42(35-13-7-4-8-14-35)45(53)50-26-10-16-37(50)44-47-29-39(55-44)34-23-19-32(20-24-34)31-17-21-33(22-18-31)38-28-46-43(54-38)36-15-9-25-49(36)41(52)27-30-11-5-3-6-12-30/h3-8,11-14,17-24,28-29,36-37,42H,2,9-10,15-16,25-27H2,1H3,(H,48,51)/t36-,37-,42+/m0/s1. The summed E-state index contributed by atoms with van der Waals surface area (Å²) >= 11 is 3.31. The van der Waals surface area contributed by atoms with Crippen LogP contribution in [-0.4, -0.2) is 50.6 Å². The molecule has 1 N–H and O–H groups in total. The van der Waals surface area contributed by atoms with Crippen LogP contribution < -0.4 is 5.32 Å². The van der Waals surface area contributed by atoms with Gasteiger partial charge < -0.3 is 15.1 Å². The number of likely N-dealkylation sites (tertiary alicyclic amines) is 2. The quantitative estimate of drug-likeness (QED) is 0.142. The van der Waals surface area contributed by atoms with Gasteiger partial charge in [-0.05, 0) is 59.1 Å². The molecule has 8 rings (SSSR count). The molecule has 8 nitrogen and oxygen atoms in total. The van der Waals surface area contributed by atoms with Crippen molar-refractivity contribution in [3.05, 3.63) is 143 Å². The predicted molar refractivity (Wildman–Crippen MR) is 219 cm³/mol. The molecule has 3 atom stereocenters. The van der Waals surface area contributed by atoms with Crippen LogP contribution in [0.15, 0.2) is 122 Å². The second kappa shape index (κ2) is 16.5. The highest BCUT2D eigenvalue weighted by Gasteiger charge is 2.37. The maximum absolute atomic E-state index is 13.9. The average molecular weight is 766 g/mol. The van der Waals surface area contributed by atoms with E-state index in [1.54, 1.807) is 29.6 Å². The number of aromatic nitrogens is 2. The van der Waals surface area contributed by atoms with E-state index >= 15 is 0 Å². The molecule has 0 radical (unpaired) electrons. The summed E-state index contributed by atoms with van der Waals surface area (Å²) in [5.41, 5.74) is 6.27. The Morgan fingerprint density at radius 2 is 1.16 bits per heavy atom. The molecule has 0 spiro atoms. The van der Waals surface area contributed by atoms with Crippen molar-refractivity contribution in [2.75, 3.05) is 13.1 Å². The Bertz CT molecular complexity index is 2250. The van der Waals surface area contributed by atoms with Crippen molar-refractivity contribution in [1.82, 2.24) is 25.1 Å². The molecule has 278 valence electrons. The van der Waals surface area contributed by atoms with Crippen molar-refractivity contribution in [2.45, 2.75) is 63.6 Å². The molecule has 2 fully saturated rings. The maximum Gasteiger partial charge on any atom is 0.250 e. The highest BCUT2D eigenvalue weighted by Crippen LogP contribution is 2.40. The fraction of sp³-hybridized carbons (Fsp3) is 0.267. The Morgan fingerprint density at radius 1 is 0.673 bits per heavy atom. The van der Waals surface area contributed by atoms with Crippen molar-refractivity contribution in [3.63, 3.8) is 0 Å². The van der Waals surface area contributed by atoms with E-state index in [4.69, 9.17) is 9.97 Å². The molecule has 55 heavy (non-hydrogen) atoms. The molecule has 10 heteroatoms. The number of benzene rings is 4. The summed E-state index contributed by atoms with van der Waals surface area (Å²) in [6, 6.07) is 35.8. The minimum atomic E-state index is -0.722. The van der Waals surface area contributed by atoms with E-state index in [1.807, 2.05) is 82.9 Å². The van der Waals surface area contributed by atoms with Gasteiger partial charge in [0.1, 0.15) is 16.1 Å². The van der Waals surface area contributed by atoms with Gasteiger partial charge in [0.2, 0.25) is 17.7 Å². The molecule has 6 aromatic rings. The van der Waals surface area contributed by atoms with E-state index in [2.05, 4.69) is 53.8 Å². The topological polar surface area (TPSA) is 95.5 Å². The second-order valence-electron chi connectivity index (χ2n) is 14.1. The predicted octanol–water partition coefficient (Wildman–Crippen LogP) is 9.44. The van der Waals surface area contributed by atoms with Crippen molar-refractivity contribution in [1.29, 1.82) is 0 Å². The minimum Gasteiger partial charge on any atom is -0.341 e. The molecule has 4 heterocycles. The number of thiazole rings is 2. The number of hydrogen-bond donors (Lipinski definition) is 1. The van der Waals surface area contributed by atoms with Gasteiger partial charge in [-0.1, -0.05) is 116 Å². The van der Waals surface area contributed by atoms with E-state index in [0.29, 0.717) is 19.4 Å². The molecule has 0 unspecified atom stereocenters. The van der Waals surface area contributed by atoms with E-state index in [9.17, 15) is 14.4 Å². The maximum atomic E-state index is 13.9. The lowest BCUT2D eigenvalue weighted by Crippen LogP contribution is -2.42. The molecule has 3 amide bonds. The van der Waals surface area contributed by atoms with Crippen LogP contribution in [0.3, 0.4) is 0 Å². The number of nitrogens with one attached hydrogen (secondary N) is 1. The largest absolute Gasteiger partial charge is 0.341 e. The lowest BCUT2D eigenvalue weighted by atomic mass is 10.0. The number of carbonyl (C=O) groups excluding carboxylic acids is 3. The first kappa shape index (κ1) is 36.5.